The third-order valence-electron chi connectivity index (χ3n) is 4.31. The van der Waals surface area contributed by atoms with Gasteiger partial charge in [-0.2, -0.15) is 0 Å². The molecule has 0 unspecified atom stereocenters. The van der Waals surface area contributed by atoms with Crippen LogP contribution < -0.4 is 0 Å². The molecule has 1 aromatic heterocycles. The summed E-state index contributed by atoms with van der Waals surface area (Å²) in [6, 6.07) is 1.38. The largest absolute Gasteiger partial charge is 0.390 e. The van der Waals surface area contributed by atoms with E-state index in [1.165, 1.54) is 23.4 Å². The van der Waals surface area contributed by atoms with Crippen LogP contribution in [0.15, 0.2) is 35.6 Å². The highest BCUT2D eigenvalue weighted by Crippen LogP contribution is 2.23. The lowest BCUT2D eigenvalue weighted by Gasteiger charge is -2.28. The van der Waals surface area contributed by atoms with Gasteiger partial charge in [-0.15, -0.1) is 0 Å². The maximum atomic E-state index is 10.7. The number of aliphatic hydroxyl groups excluding tert-OH is 1. The fourth-order valence-corrected chi connectivity index (χ4v) is 2.56. The van der Waals surface area contributed by atoms with E-state index < -0.39 is 16.6 Å². The number of rotatable bonds is 10. The predicted octanol–water partition coefficient (Wildman–Crippen LogP) is 4.05. The zero-order valence-corrected chi connectivity index (χ0v) is 15.6. The molecule has 0 fully saturated rings. The molecule has 3 N–H and O–H groups in total. The van der Waals surface area contributed by atoms with E-state index in [9.17, 15) is 20.3 Å². The minimum atomic E-state index is -1.25. The molecular formula is C19H30N2O4. The standard InChI is InChI=1S/C19H30N2O4/c1-14(2)7-5-8-15(3)9-6-10-19(4,23)17(22)11-16-12-18(20-13-16)21(24)25/h7,9,12-13,17,20,22-23H,5-6,8,10-11H2,1-4H3/b15-9+/t17-,19+/m1/s1. The van der Waals surface area contributed by atoms with Gasteiger partial charge in [-0.05, 0) is 58.3 Å². The van der Waals surface area contributed by atoms with E-state index in [-0.39, 0.29) is 12.2 Å². The summed E-state index contributed by atoms with van der Waals surface area (Å²) in [6.07, 6.45) is 8.08. The van der Waals surface area contributed by atoms with Crippen molar-refractivity contribution in [1.82, 2.24) is 4.98 Å². The van der Waals surface area contributed by atoms with Crippen LogP contribution in [0.4, 0.5) is 5.82 Å². The summed E-state index contributed by atoms with van der Waals surface area (Å²) in [5.74, 6) is -0.114. The van der Waals surface area contributed by atoms with Gasteiger partial charge < -0.3 is 20.3 Å². The van der Waals surface area contributed by atoms with Gasteiger partial charge in [0.2, 0.25) is 0 Å². The van der Waals surface area contributed by atoms with Gasteiger partial charge in [0.1, 0.15) is 0 Å². The van der Waals surface area contributed by atoms with Crippen molar-refractivity contribution in [3.05, 3.63) is 51.2 Å². The zero-order valence-electron chi connectivity index (χ0n) is 15.6. The summed E-state index contributed by atoms with van der Waals surface area (Å²) in [4.78, 5) is 12.7. The smallest absolute Gasteiger partial charge is 0.321 e. The van der Waals surface area contributed by atoms with Crippen molar-refractivity contribution in [2.45, 2.75) is 71.5 Å². The fraction of sp³-hybridized carbons (Fsp3) is 0.579. The van der Waals surface area contributed by atoms with Crippen LogP contribution in [-0.2, 0) is 6.42 Å². The number of nitrogens with zero attached hydrogens (tertiary/aromatic N) is 1. The lowest BCUT2D eigenvalue weighted by molar-refractivity contribution is -0.389. The Bertz CT molecular complexity index is 625. The van der Waals surface area contributed by atoms with Gasteiger partial charge >= 0.3 is 5.82 Å². The van der Waals surface area contributed by atoms with Gasteiger partial charge in [0, 0.05) is 18.1 Å². The third kappa shape index (κ3) is 7.67. The predicted molar refractivity (Wildman–Crippen MR) is 99.4 cm³/mol. The lowest BCUT2D eigenvalue weighted by atomic mass is 9.89. The van der Waals surface area contributed by atoms with Gasteiger partial charge in [0.15, 0.2) is 0 Å². The number of nitrogens with one attached hydrogen (secondary N) is 1. The molecular weight excluding hydrogens is 320 g/mol. The second-order valence-corrected chi connectivity index (χ2v) is 7.14. The molecule has 0 aliphatic heterocycles. The summed E-state index contributed by atoms with van der Waals surface area (Å²) in [6.45, 7) is 7.83. The Hall–Kier alpha value is -1.92. The Morgan fingerprint density at radius 2 is 2.04 bits per heavy atom. The highest BCUT2D eigenvalue weighted by Gasteiger charge is 2.30. The van der Waals surface area contributed by atoms with Crippen molar-refractivity contribution in [2.75, 3.05) is 0 Å². The highest BCUT2D eigenvalue weighted by atomic mass is 16.6. The van der Waals surface area contributed by atoms with Crippen molar-refractivity contribution < 1.29 is 15.1 Å². The molecule has 1 rings (SSSR count). The molecule has 1 heterocycles. The van der Waals surface area contributed by atoms with E-state index in [1.54, 1.807) is 6.92 Å². The Morgan fingerprint density at radius 3 is 2.60 bits per heavy atom. The first-order valence-electron chi connectivity index (χ1n) is 8.63. The van der Waals surface area contributed by atoms with Gasteiger partial charge in [0.25, 0.3) is 0 Å². The summed E-state index contributed by atoms with van der Waals surface area (Å²) >= 11 is 0. The maximum Gasteiger partial charge on any atom is 0.321 e. The normalized spacial score (nSPS) is 15.5. The number of hydrogen-bond donors (Lipinski definition) is 3. The highest BCUT2D eigenvalue weighted by molar-refractivity contribution is 5.27. The summed E-state index contributed by atoms with van der Waals surface area (Å²) in [5, 5.41) is 31.4. The van der Waals surface area contributed by atoms with Crippen molar-refractivity contribution in [3.8, 4) is 0 Å². The molecule has 0 bridgehead atoms. The molecule has 0 aliphatic rings. The van der Waals surface area contributed by atoms with E-state index in [0.717, 1.165) is 12.8 Å². The SMILES string of the molecule is CC(C)=CCC/C(C)=C/CC[C@](C)(O)[C@H](O)Cc1c[nH]c([N+](=O)[O-])c1. The van der Waals surface area contributed by atoms with E-state index in [1.807, 2.05) is 0 Å². The van der Waals surface area contributed by atoms with Crippen LogP contribution in [0.25, 0.3) is 0 Å². The molecule has 0 saturated carbocycles. The first-order chi connectivity index (χ1) is 11.6. The lowest BCUT2D eigenvalue weighted by Crippen LogP contribution is -2.40. The molecule has 6 nitrogen and oxygen atoms in total. The molecule has 0 aromatic carbocycles. The maximum absolute atomic E-state index is 10.7. The molecule has 2 atom stereocenters. The first-order valence-corrected chi connectivity index (χ1v) is 8.63. The van der Waals surface area contributed by atoms with Crippen LogP contribution in [0.5, 0.6) is 0 Å². The second-order valence-electron chi connectivity index (χ2n) is 7.14. The van der Waals surface area contributed by atoms with E-state index >= 15 is 0 Å². The number of hydrogen-bond acceptors (Lipinski definition) is 4. The minimum Gasteiger partial charge on any atom is -0.390 e. The van der Waals surface area contributed by atoms with Crippen LogP contribution in [0.2, 0.25) is 0 Å². The summed E-state index contributed by atoms with van der Waals surface area (Å²) < 4.78 is 0. The van der Waals surface area contributed by atoms with Crippen LogP contribution in [0.1, 0.15) is 58.9 Å². The van der Waals surface area contributed by atoms with Crippen molar-refractivity contribution in [3.63, 3.8) is 0 Å². The van der Waals surface area contributed by atoms with Crippen LogP contribution in [-0.4, -0.2) is 31.8 Å². The number of nitro groups is 1. The van der Waals surface area contributed by atoms with Crippen LogP contribution in [0.3, 0.4) is 0 Å². The first kappa shape index (κ1) is 21.1. The van der Waals surface area contributed by atoms with Gasteiger partial charge in [-0.25, -0.2) is 4.98 Å². The molecule has 0 radical (unpaired) electrons. The number of H-pyrrole nitrogens is 1. The summed E-state index contributed by atoms with van der Waals surface area (Å²) in [7, 11) is 0. The minimum absolute atomic E-state index is 0.114. The molecule has 6 heteroatoms. The number of allylic oxidation sites excluding steroid dienone is 4. The Morgan fingerprint density at radius 1 is 1.36 bits per heavy atom. The number of aromatic amines is 1. The Balaban J connectivity index is 2.49. The topological polar surface area (TPSA) is 99.4 Å². The average Bonchev–Trinajstić information content (AvgIpc) is 2.95. The quantitative estimate of drug-likeness (QED) is 0.337. The molecule has 140 valence electrons. The van der Waals surface area contributed by atoms with E-state index in [2.05, 4.69) is 37.9 Å². The number of aliphatic hydroxyl groups is 2. The molecule has 0 amide bonds. The fourth-order valence-electron chi connectivity index (χ4n) is 2.56. The van der Waals surface area contributed by atoms with Gasteiger partial charge in [0.05, 0.1) is 17.9 Å². The van der Waals surface area contributed by atoms with Gasteiger partial charge in [-0.1, -0.05) is 23.3 Å². The average molecular weight is 350 g/mol. The van der Waals surface area contributed by atoms with E-state index in [4.69, 9.17) is 0 Å². The Kier molecular flexibility index (Phi) is 8.06. The monoisotopic (exact) mass is 350 g/mol. The van der Waals surface area contributed by atoms with Crippen molar-refractivity contribution in [1.29, 1.82) is 0 Å². The van der Waals surface area contributed by atoms with E-state index in [0.29, 0.717) is 18.4 Å². The van der Waals surface area contributed by atoms with Crippen LogP contribution >= 0.6 is 0 Å². The van der Waals surface area contributed by atoms with Crippen LogP contribution in [0, 0.1) is 10.1 Å². The van der Waals surface area contributed by atoms with Gasteiger partial charge in [-0.3, -0.25) is 0 Å². The molecule has 1 aromatic rings. The molecule has 25 heavy (non-hydrogen) atoms. The van der Waals surface area contributed by atoms with Crippen molar-refractivity contribution in [2.24, 2.45) is 0 Å². The van der Waals surface area contributed by atoms with Crippen molar-refractivity contribution >= 4 is 5.82 Å². The number of aromatic nitrogens is 1. The molecule has 0 saturated heterocycles. The summed E-state index contributed by atoms with van der Waals surface area (Å²) in [5.41, 5.74) is 1.93. The second kappa shape index (κ2) is 9.53. The molecule has 0 aliphatic carbocycles. The zero-order chi connectivity index (χ0) is 19.0. The molecule has 0 spiro atoms. The Labute approximate surface area is 149 Å². The third-order valence-corrected chi connectivity index (χ3v) is 4.31.